The number of hydrogen-bond donors (Lipinski definition) is 2. The summed E-state index contributed by atoms with van der Waals surface area (Å²) >= 11 is 0. The topological polar surface area (TPSA) is 84.3 Å². The zero-order valence-corrected chi connectivity index (χ0v) is 12.6. The van der Waals surface area contributed by atoms with Gasteiger partial charge in [0.1, 0.15) is 0 Å². The highest BCUT2D eigenvalue weighted by Gasteiger charge is 2.04. The molecule has 0 radical (unpaired) electrons. The molecule has 2 N–H and O–H groups in total. The minimum absolute atomic E-state index is 0.000602. The second-order valence-corrected chi connectivity index (χ2v) is 5.38. The van der Waals surface area contributed by atoms with Crippen LogP contribution < -0.4 is 10.6 Å². The van der Waals surface area contributed by atoms with Crippen molar-refractivity contribution >= 4 is 11.6 Å². The molecular formula is C15H23N3O3. The van der Waals surface area contributed by atoms with E-state index >= 15 is 0 Å². The van der Waals surface area contributed by atoms with Crippen molar-refractivity contribution in [3.05, 3.63) is 39.9 Å². The summed E-state index contributed by atoms with van der Waals surface area (Å²) < 4.78 is 0. The third kappa shape index (κ3) is 7.41. The Kier molecular flexibility index (Phi) is 7.39. The highest BCUT2D eigenvalue weighted by molar-refractivity contribution is 5.77. The lowest BCUT2D eigenvalue weighted by Gasteiger charge is -2.08. The van der Waals surface area contributed by atoms with Gasteiger partial charge in [0.05, 0.1) is 11.5 Å². The molecule has 0 fully saturated rings. The second-order valence-electron chi connectivity index (χ2n) is 5.38. The minimum atomic E-state index is -0.413. The Morgan fingerprint density at radius 3 is 2.48 bits per heavy atom. The van der Waals surface area contributed by atoms with Gasteiger partial charge >= 0.3 is 0 Å². The number of nitro benzene ring substituents is 1. The first kappa shape index (κ1) is 17.1. The Morgan fingerprint density at radius 2 is 1.90 bits per heavy atom. The van der Waals surface area contributed by atoms with Crippen LogP contribution in [0.2, 0.25) is 0 Å². The average Bonchev–Trinajstić information content (AvgIpc) is 2.43. The number of carbonyl (C=O) groups excluding carboxylic acids is 1. The average molecular weight is 293 g/mol. The van der Waals surface area contributed by atoms with E-state index in [2.05, 4.69) is 24.5 Å². The van der Waals surface area contributed by atoms with Gasteiger partial charge in [0, 0.05) is 18.7 Å². The number of nitrogens with one attached hydrogen (secondary N) is 2. The molecule has 0 aliphatic carbocycles. The molecule has 0 aromatic heterocycles. The fourth-order valence-corrected chi connectivity index (χ4v) is 1.78. The Morgan fingerprint density at radius 1 is 1.24 bits per heavy atom. The van der Waals surface area contributed by atoms with Gasteiger partial charge in [-0.15, -0.1) is 0 Å². The van der Waals surface area contributed by atoms with E-state index in [9.17, 15) is 14.9 Å². The fourth-order valence-electron chi connectivity index (χ4n) is 1.78. The molecule has 21 heavy (non-hydrogen) atoms. The summed E-state index contributed by atoms with van der Waals surface area (Å²) in [5.41, 5.74) is 1.10. The number of rotatable bonds is 9. The van der Waals surface area contributed by atoms with Crippen LogP contribution >= 0.6 is 0 Å². The van der Waals surface area contributed by atoms with Gasteiger partial charge in [-0.1, -0.05) is 26.0 Å². The van der Waals surface area contributed by atoms with E-state index in [1.165, 1.54) is 12.1 Å². The maximum absolute atomic E-state index is 11.5. The third-order valence-electron chi connectivity index (χ3n) is 3.07. The molecule has 0 spiro atoms. The van der Waals surface area contributed by atoms with Crippen LogP contribution in [0.25, 0.3) is 0 Å². The van der Waals surface area contributed by atoms with Crippen LogP contribution in [-0.2, 0) is 11.2 Å². The molecule has 0 saturated heterocycles. The summed E-state index contributed by atoms with van der Waals surface area (Å²) in [7, 11) is 0. The van der Waals surface area contributed by atoms with Gasteiger partial charge in [-0.2, -0.15) is 0 Å². The zero-order chi connectivity index (χ0) is 15.7. The molecule has 1 rings (SSSR count). The highest BCUT2D eigenvalue weighted by atomic mass is 16.6. The van der Waals surface area contributed by atoms with E-state index in [0.29, 0.717) is 25.6 Å². The van der Waals surface area contributed by atoms with Crippen LogP contribution in [0.15, 0.2) is 24.3 Å². The summed E-state index contributed by atoms with van der Waals surface area (Å²) in [6.45, 7) is 5.91. The van der Waals surface area contributed by atoms with Crippen LogP contribution in [0.4, 0.5) is 5.69 Å². The van der Waals surface area contributed by atoms with E-state index in [-0.39, 0.29) is 11.6 Å². The Bertz CT molecular complexity index is 458. The predicted octanol–water partition coefficient (Wildman–Crippen LogP) is 1.89. The smallest absolute Gasteiger partial charge is 0.269 e. The third-order valence-corrected chi connectivity index (χ3v) is 3.07. The largest absolute Gasteiger partial charge is 0.355 e. The van der Waals surface area contributed by atoms with E-state index in [1.54, 1.807) is 12.1 Å². The molecule has 0 heterocycles. The molecule has 1 aromatic rings. The maximum atomic E-state index is 11.5. The standard InChI is InChI=1S/C15H23N3O3/c1-12(2)7-10-17-15(19)11-16-9-8-13-3-5-14(6-4-13)18(20)21/h3-6,12,16H,7-11H2,1-2H3,(H,17,19). The Labute approximate surface area is 125 Å². The molecule has 0 atom stereocenters. The van der Waals surface area contributed by atoms with E-state index in [0.717, 1.165) is 18.4 Å². The number of amides is 1. The predicted molar refractivity (Wildman–Crippen MR) is 82.1 cm³/mol. The fraction of sp³-hybridized carbons (Fsp3) is 0.533. The first-order chi connectivity index (χ1) is 9.99. The van der Waals surface area contributed by atoms with Gasteiger partial charge in [0.15, 0.2) is 0 Å². The van der Waals surface area contributed by atoms with E-state index in [1.807, 2.05) is 0 Å². The van der Waals surface area contributed by atoms with Crippen molar-refractivity contribution in [1.82, 2.24) is 10.6 Å². The van der Waals surface area contributed by atoms with Crippen molar-refractivity contribution < 1.29 is 9.72 Å². The first-order valence-corrected chi connectivity index (χ1v) is 7.19. The lowest BCUT2D eigenvalue weighted by molar-refractivity contribution is -0.384. The molecule has 1 aromatic carbocycles. The molecule has 0 aliphatic heterocycles. The highest BCUT2D eigenvalue weighted by Crippen LogP contribution is 2.11. The molecular weight excluding hydrogens is 270 g/mol. The molecule has 1 amide bonds. The van der Waals surface area contributed by atoms with Crippen LogP contribution in [0.3, 0.4) is 0 Å². The number of benzene rings is 1. The van der Waals surface area contributed by atoms with Gasteiger partial charge in [-0.25, -0.2) is 0 Å². The summed E-state index contributed by atoms with van der Waals surface area (Å²) in [4.78, 5) is 21.6. The van der Waals surface area contributed by atoms with Crippen molar-refractivity contribution in [2.75, 3.05) is 19.6 Å². The van der Waals surface area contributed by atoms with Crippen LogP contribution in [-0.4, -0.2) is 30.5 Å². The normalized spacial score (nSPS) is 10.6. The van der Waals surface area contributed by atoms with Crippen molar-refractivity contribution in [2.24, 2.45) is 5.92 Å². The van der Waals surface area contributed by atoms with Gasteiger partial charge in [-0.05, 0) is 30.9 Å². The zero-order valence-electron chi connectivity index (χ0n) is 12.6. The number of carbonyl (C=O) groups is 1. The van der Waals surface area contributed by atoms with Gasteiger partial charge in [-0.3, -0.25) is 14.9 Å². The van der Waals surface area contributed by atoms with Gasteiger partial charge in [0.2, 0.25) is 5.91 Å². The Balaban J connectivity index is 2.16. The number of hydrogen-bond acceptors (Lipinski definition) is 4. The molecule has 0 saturated carbocycles. The van der Waals surface area contributed by atoms with Crippen LogP contribution in [0.5, 0.6) is 0 Å². The van der Waals surface area contributed by atoms with E-state index in [4.69, 9.17) is 0 Å². The first-order valence-electron chi connectivity index (χ1n) is 7.19. The summed E-state index contributed by atoms with van der Waals surface area (Å²) in [6.07, 6.45) is 1.71. The molecule has 6 nitrogen and oxygen atoms in total. The van der Waals surface area contributed by atoms with Crippen molar-refractivity contribution in [3.8, 4) is 0 Å². The Hall–Kier alpha value is -1.95. The van der Waals surface area contributed by atoms with Crippen LogP contribution in [0.1, 0.15) is 25.8 Å². The molecule has 116 valence electrons. The lowest BCUT2D eigenvalue weighted by atomic mass is 10.1. The number of nitro groups is 1. The summed E-state index contributed by atoms with van der Waals surface area (Å²) in [6, 6.07) is 6.47. The van der Waals surface area contributed by atoms with Crippen molar-refractivity contribution in [2.45, 2.75) is 26.7 Å². The lowest BCUT2D eigenvalue weighted by Crippen LogP contribution is -2.35. The van der Waals surface area contributed by atoms with Gasteiger partial charge < -0.3 is 10.6 Å². The maximum Gasteiger partial charge on any atom is 0.269 e. The molecule has 6 heteroatoms. The quantitative estimate of drug-likeness (QED) is 0.414. The number of non-ortho nitro benzene ring substituents is 1. The SMILES string of the molecule is CC(C)CCNC(=O)CNCCc1ccc([N+](=O)[O-])cc1. The monoisotopic (exact) mass is 293 g/mol. The second kappa shape index (κ2) is 9.07. The summed E-state index contributed by atoms with van der Waals surface area (Å²) in [5, 5.41) is 16.4. The van der Waals surface area contributed by atoms with Gasteiger partial charge in [0.25, 0.3) is 5.69 Å². The van der Waals surface area contributed by atoms with Crippen molar-refractivity contribution in [1.29, 1.82) is 0 Å². The van der Waals surface area contributed by atoms with Crippen molar-refractivity contribution in [3.63, 3.8) is 0 Å². The van der Waals surface area contributed by atoms with E-state index < -0.39 is 4.92 Å². The van der Waals surface area contributed by atoms with Crippen LogP contribution in [0, 0.1) is 16.0 Å². The number of nitrogens with zero attached hydrogens (tertiary/aromatic N) is 1. The molecule has 0 aliphatic rings. The molecule has 0 unspecified atom stereocenters. The summed E-state index contributed by atoms with van der Waals surface area (Å²) in [5.74, 6) is 0.583. The molecule has 0 bridgehead atoms. The minimum Gasteiger partial charge on any atom is -0.355 e.